The molecule has 0 spiro atoms. The topological polar surface area (TPSA) is 0 Å². The molecule has 0 atom stereocenters. The highest BCUT2D eigenvalue weighted by atomic mass is 35.5. The minimum atomic E-state index is 0. The maximum absolute atomic E-state index is 2.42. The zero-order valence-electron chi connectivity index (χ0n) is 16.1. The number of hydrogen-bond acceptors (Lipinski definition) is 0. The fourth-order valence-corrected chi connectivity index (χ4v) is 3.11. The molecule has 0 aromatic carbocycles. The van der Waals surface area contributed by atoms with E-state index in [4.69, 9.17) is 0 Å². The van der Waals surface area contributed by atoms with Crippen molar-refractivity contribution in [2.75, 3.05) is 27.2 Å². The molecule has 0 bridgehead atoms. The predicted octanol–water partition coefficient (Wildman–Crippen LogP) is 3.57. The second kappa shape index (κ2) is 17.6. The molecule has 0 saturated heterocycles. The molecular weight excluding hydrogens is 290 g/mol. The highest BCUT2D eigenvalue weighted by Gasteiger charge is 2.13. The van der Waals surface area contributed by atoms with E-state index in [2.05, 4.69) is 27.9 Å². The minimum absolute atomic E-state index is 0. The zero-order chi connectivity index (χ0) is 15.8. The van der Waals surface area contributed by atoms with Crippen LogP contribution < -0.4 is 12.4 Å². The van der Waals surface area contributed by atoms with Crippen molar-refractivity contribution in [3.63, 3.8) is 0 Å². The SMILES string of the molecule is CCCCCCCCCC[N+](C)(C)CCCCCCCC.[Cl-]. The van der Waals surface area contributed by atoms with Crippen molar-refractivity contribution in [2.45, 2.75) is 104 Å². The van der Waals surface area contributed by atoms with Crippen molar-refractivity contribution in [3.8, 4) is 0 Å². The summed E-state index contributed by atoms with van der Waals surface area (Å²) < 4.78 is 1.24. The Balaban J connectivity index is 0. The van der Waals surface area contributed by atoms with E-state index in [0.29, 0.717) is 0 Å². The lowest BCUT2D eigenvalue weighted by Crippen LogP contribution is -3.00. The van der Waals surface area contributed by atoms with Gasteiger partial charge in [0, 0.05) is 0 Å². The Hall–Kier alpha value is 0.250. The molecule has 0 aliphatic carbocycles. The van der Waals surface area contributed by atoms with Crippen molar-refractivity contribution in [1.29, 1.82) is 0 Å². The summed E-state index contributed by atoms with van der Waals surface area (Å²) in [5, 5.41) is 0. The molecule has 0 fully saturated rings. The molecule has 0 aliphatic rings. The van der Waals surface area contributed by atoms with Gasteiger partial charge in [-0.25, -0.2) is 0 Å². The molecule has 136 valence electrons. The standard InChI is InChI=1S/C20H44N.ClH/c1-5-7-9-11-13-14-16-18-20-21(3,4)19-17-15-12-10-8-6-2;/h5-20H2,1-4H3;1H/q+1;/p-1. The second-order valence-corrected chi connectivity index (χ2v) is 7.63. The molecule has 0 saturated carbocycles. The van der Waals surface area contributed by atoms with Crippen LogP contribution in [0.25, 0.3) is 0 Å². The third-order valence-electron chi connectivity index (χ3n) is 4.73. The van der Waals surface area contributed by atoms with Crippen LogP contribution in [0.2, 0.25) is 0 Å². The van der Waals surface area contributed by atoms with E-state index in [1.165, 1.54) is 107 Å². The van der Waals surface area contributed by atoms with E-state index in [1.807, 2.05) is 0 Å². The van der Waals surface area contributed by atoms with Gasteiger partial charge in [-0.15, -0.1) is 0 Å². The van der Waals surface area contributed by atoms with Gasteiger partial charge in [0.15, 0.2) is 0 Å². The quantitative estimate of drug-likeness (QED) is 0.299. The number of halogens is 1. The van der Waals surface area contributed by atoms with E-state index in [1.54, 1.807) is 0 Å². The molecule has 0 aromatic heterocycles. The maximum Gasteiger partial charge on any atom is 0.0782 e. The lowest BCUT2D eigenvalue weighted by molar-refractivity contribution is -0.890. The first-order valence-corrected chi connectivity index (χ1v) is 9.94. The predicted molar refractivity (Wildman–Crippen MR) is 97.8 cm³/mol. The van der Waals surface area contributed by atoms with Crippen LogP contribution in [0.5, 0.6) is 0 Å². The van der Waals surface area contributed by atoms with Crippen molar-refractivity contribution in [1.82, 2.24) is 0 Å². The van der Waals surface area contributed by atoms with Crippen molar-refractivity contribution in [2.24, 2.45) is 0 Å². The average Bonchev–Trinajstić information content (AvgIpc) is 2.45. The fraction of sp³-hybridized carbons (Fsp3) is 1.00. The molecule has 0 unspecified atom stereocenters. The van der Waals surface area contributed by atoms with E-state index in [9.17, 15) is 0 Å². The van der Waals surface area contributed by atoms with Gasteiger partial charge in [-0.2, -0.15) is 0 Å². The van der Waals surface area contributed by atoms with Gasteiger partial charge in [0.05, 0.1) is 27.2 Å². The van der Waals surface area contributed by atoms with Crippen molar-refractivity contribution < 1.29 is 16.9 Å². The van der Waals surface area contributed by atoms with E-state index < -0.39 is 0 Å². The first-order chi connectivity index (χ1) is 10.1. The number of hydrogen-bond donors (Lipinski definition) is 0. The van der Waals surface area contributed by atoms with E-state index >= 15 is 0 Å². The molecule has 0 amide bonds. The highest BCUT2D eigenvalue weighted by molar-refractivity contribution is 4.48. The zero-order valence-corrected chi connectivity index (χ0v) is 16.9. The Morgan fingerprint density at radius 2 is 0.727 bits per heavy atom. The molecule has 1 nitrogen and oxygen atoms in total. The van der Waals surface area contributed by atoms with E-state index in [-0.39, 0.29) is 12.4 Å². The lowest BCUT2D eigenvalue weighted by Gasteiger charge is -2.30. The van der Waals surface area contributed by atoms with Gasteiger partial charge in [-0.1, -0.05) is 78.1 Å². The Morgan fingerprint density at radius 1 is 0.455 bits per heavy atom. The third-order valence-corrected chi connectivity index (χ3v) is 4.73. The van der Waals surface area contributed by atoms with Crippen molar-refractivity contribution in [3.05, 3.63) is 0 Å². The molecule has 0 aliphatic heterocycles. The van der Waals surface area contributed by atoms with Crippen LogP contribution in [0, 0.1) is 0 Å². The maximum atomic E-state index is 2.42. The van der Waals surface area contributed by atoms with E-state index in [0.717, 1.165) is 0 Å². The number of nitrogens with zero attached hydrogens (tertiary/aromatic N) is 1. The fourth-order valence-electron chi connectivity index (χ4n) is 3.11. The molecule has 2 heteroatoms. The Labute approximate surface area is 148 Å². The number of rotatable bonds is 16. The summed E-state index contributed by atoms with van der Waals surface area (Å²) in [5.74, 6) is 0. The number of unbranched alkanes of at least 4 members (excludes halogenated alkanes) is 12. The van der Waals surface area contributed by atoms with Crippen LogP contribution in [0.1, 0.15) is 104 Å². The minimum Gasteiger partial charge on any atom is -1.00 e. The highest BCUT2D eigenvalue weighted by Crippen LogP contribution is 2.12. The normalized spacial score (nSPS) is 11.5. The summed E-state index contributed by atoms with van der Waals surface area (Å²) in [7, 11) is 4.85. The smallest absolute Gasteiger partial charge is 0.0782 e. The summed E-state index contributed by atoms with van der Waals surface area (Å²) in [4.78, 5) is 0. The third kappa shape index (κ3) is 18.3. The van der Waals surface area contributed by atoms with Crippen LogP contribution in [0.4, 0.5) is 0 Å². The monoisotopic (exact) mass is 333 g/mol. The van der Waals surface area contributed by atoms with Gasteiger partial charge in [-0.3, -0.25) is 0 Å². The van der Waals surface area contributed by atoms with Gasteiger partial charge < -0.3 is 16.9 Å². The first-order valence-electron chi connectivity index (χ1n) is 9.94. The first kappa shape index (κ1) is 24.5. The Morgan fingerprint density at radius 3 is 1.05 bits per heavy atom. The average molecular weight is 334 g/mol. The van der Waals surface area contributed by atoms with Crippen LogP contribution >= 0.6 is 0 Å². The Bertz CT molecular complexity index is 204. The molecule has 0 N–H and O–H groups in total. The lowest BCUT2D eigenvalue weighted by atomic mass is 10.1. The summed E-state index contributed by atoms with van der Waals surface area (Å²) in [6.07, 6.45) is 20.1. The van der Waals surface area contributed by atoms with Gasteiger partial charge in [0.1, 0.15) is 0 Å². The van der Waals surface area contributed by atoms with Crippen LogP contribution in [-0.2, 0) is 0 Å². The molecule has 22 heavy (non-hydrogen) atoms. The summed E-state index contributed by atoms with van der Waals surface area (Å²) >= 11 is 0. The second-order valence-electron chi connectivity index (χ2n) is 7.63. The molecule has 0 rings (SSSR count). The largest absolute Gasteiger partial charge is 1.00 e. The van der Waals surface area contributed by atoms with Gasteiger partial charge in [0.2, 0.25) is 0 Å². The van der Waals surface area contributed by atoms with Crippen LogP contribution in [0.15, 0.2) is 0 Å². The van der Waals surface area contributed by atoms with Gasteiger partial charge >= 0.3 is 0 Å². The number of quaternary nitrogens is 1. The molecule has 0 heterocycles. The van der Waals surface area contributed by atoms with Crippen LogP contribution in [0.3, 0.4) is 0 Å². The van der Waals surface area contributed by atoms with Gasteiger partial charge in [-0.05, 0) is 25.7 Å². The molecular formula is C20H44ClN. The molecule has 0 aromatic rings. The van der Waals surface area contributed by atoms with Crippen LogP contribution in [-0.4, -0.2) is 31.7 Å². The summed E-state index contributed by atoms with van der Waals surface area (Å²) in [5.41, 5.74) is 0. The Kier molecular flexibility index (Phi) is 19.6. The molecule has 0 radical (unpaired) electrons. The summed E-state index contributed by atoms with van der Waals surface area (Å²) in [6.45, 7) is 7.35. The van der Waals surface area contributed by atoms with Gasteiger partial charge in [0.25, 0.3) is 0 Å². The van der Waals surface area contributed by atoms with Crippen molar-refractivity contribution >= 4 is 0 Å². The summed E-state index contributed by atoms with van der Waals surface area (Å²) in [6, 6.07) is 0.